The first kappa shape index (κ1) is 32.1. The number of guanidine groups is 1. The van der Waals surface area contributed by atoms with Gasteiger partial charge >= 0.3 is 12.2 Å². The van der Waals surface area contributed by atoms with Crippen LogP contribution in [0.1, 0.15) is 35.2 Å². The molecule has 1 rings (SSSR count). The molecule has 214 valence electrons. The molecule has 0 aliphatic rings. The van der Waals surface area contributed by atoms with E-state index in [1.807, 2.05) is 0 Å². The number of nitrogens with one attached hydrogen (secondary N) is 5. The van der Waals surface area contributed by atoms with Gasteiger partial charge in [0.25, 0.3) is 0 Å². The van der Waals surface area contributed by atoms with Gasteiger partial charge in [-0.2, -0.15) is 0 Å². The molecule has 0 saturated carbocycles. The van der Waals surface area contributed by atoms with Crippen LogP contribution < -0.4 is 32.7 Å². The molecule has 16 heteroatoms. The maximum Gasteiger partial charge on any atom is 0.505 e. The molecule has 16 nitrogen and oxygen atoms in total. The quantitative estimate of drug-likeness (QED) is 0.0365. The molecule has 0 aliphatic heterocycles. The molecule has 2 atom stereocenters. The van der Waals surface area contributed by atoms with Crippen molar-refractivity contribution in [1.82, 2.24) is 21.3 Å². The first-order chi connectivity index (χ1) is 18.5. The molecule has 1 aromatic carbocycles. The van der Waals surface area contributed by atoms with Crippen molar-refractivity contribution in [1.29, 1.82) is 5.41 Å². The van der Waals surface area contributed by atoms with E-state index in [4.69, 9.17) is 26.7 Å². The summed E-state index contributed by atoms with van der Waals surface area (Å²) < 4.78 is 9.39. The van der Waals surface area contributed by atoms with Crippen molar-refractivity contribution >= 4 is 42.2 Å². The zero-order chi connectivity index (χ0) is 29.2. The lowest BCUT2D eigenvalue weighted by Gasteiger charge is -2.18. The Morgan fingerprint density at radius 1 is 1.05 bits per heavy atom. The summed E-state index contributed by atoms with van der Waals surface area (Å²) in [6.07, 6.45) is -0.681. The zero-order valence-electron chi connectivity index (χ0n) is 21.1. The minimum Gasteiger partial charge on any atom is -0.450 e. The van der Waals surface area contributed by atoms with Crippen molar-refractivity contribution in [2.24, 2.45) is 11.5 Å². The van der Waals surface area contributed by atoms with Gasteiger partial charge in [-0.3, -0.25) is 19.8 Å². The number of hydrogen-bond donors (Lipinski definition) is 8. The monoisotopic (exact) mass is 551 g/mol. The van der Waals surface area contributed by atoms with Crippen molar-refractivity contribution in [3.8, 4) is 0 Å². The number of primary amides is 1. The van der Waals surface area contributed by atoms with E-state index in [1.54, 1.807) is 24.3 Å². The summed E-state index contributed by atoms with van der Waals surface area (Å²) >= 11 is 0. The lowest BCUT2D eigenvalue weighted by atomic mass is 10.1. The van der Waals surface area contributed by atoms with Crippen LogP contribution in [0.25, 0.3) is 0 Å². The SMILES string of the molecule is N=C(N)NCCC[C@@H](C=O)NC(=O)CNC(=O)[C@H](COC(=O)O)NC(=O)OCCCc1cccc(C(N)=O)c1. The third-order valence-electron chi connectivity index (χ3n) is 4.98. The third-order valence-corrected chi connectivity index (χ3v) is 4.98. The van der Waals surface area contributed by atoms with E-state index in [0.717, 1.165) is 5.56 Å². The number of aryl methyl sites for hydroxylation is 1. The molecular weight excluding hydrogens is 518 g/mol. The fraction of sp³-hybridized carbons (Fsp3) is 0.435. The van der Waals surface area contributed by atoms with Crippen molar-refractivity contribution in [3.63, 3.8) is 0 Å². The number of carbonyl (C=O) groups excluding carboxylic acids is 5. The molecule has 0 saturated heterocycles. The Labute approximate surface area is 223 Å². The molecule has 0 bridgehead atoms. The highest BCUT2D eigenvalue weighted by Gasteiger charge is 2.24. The second-order valence-electron chi connectivity index (χ2n) is 8.09. The molecule has 0 spiro atoms. The fourth-order valence-electron chi connectivity index (χ4n) is 3.11. The van der Waals surface area contributed by atoms with Gasteiger partial charge in [0.05, 0.1) is 19.2 Å². The molecular formula is C23H33N7O9. The Morgan fingerprint density at radius 2 is 1.79 bits per heavy atom. The Morgan fingerprint density at radius 3 is 2.44 bits per heavy atom. The first-order valence-corrected chi connectivity index (χ1v) is 11.8. The highest BCUT2D eigenvalue weighted by Crippen LogP contribution is 2.07. The fourth-order valence-corrected chi connectivity index (χ4v) is 3.11. The molecule has 4 amide bonds. The summed E-state index contributed by atoms with van der Waals surface area (Å²) in [6, 6.07) is 4.28. The summed E-state index contributed by atoms with van der Waals surface area (Å²) in [5.74, 6) is -2.43. The second-order valence-corrected chi connectivity index (χ2v) is 8.09. The normalized spacial score (nSPS) is 11.7. The molecule has 0 radical (unpaired) electrons. The molecule has 0 heterocycles. The average Bonchev–Trinajstić information content (AvgIpc) is 2.89. The zero-order valence-corrected chi connectivity index (χ0v) is 21.1. The van der Waals surface area contributed by atoms with E-state index in [9.17, 15) is 28.8 Å². The maximum absolute atomic E-state index is 12.4. The summed E-state index contributed by atoms with van der Waals surface area (Å²) in [4.78, 5) is 69.8. The van der Waals surface area contributed by atoms with Gasteiger partial charge in [-0.05, 0) is 43.4 Å². The Kier molecular flexibility index (Phi) is 14.5. The number of aldehydes is 1. The maximum atomic E-state index is 12.4. The minimum atomic E-state index is -1.69. The van der Waals surface area contributed by atoms with Gasteiger partial charge < -0.3 is 52.1 Å². The second kappa shape index (κ2) is 17.5. The standard InChI is InChI=1S/C23H33N7O9/c24-19(33)15-6-1-4-14(10-15)5-3-9-38-22(35)30-17(13-39-23(36)37)20(34)28-11-18(32)29-16(12-31)7-2-8-27-21(25)26/h1,4,6,10,12,16-17H,2-3,5,7-9,11,13H2,(H2,24,33)(H,28,34)(H,29,32)(H,30,35)(H,36,37)(H4,25,26,27)/t16-,17-/m0/s1. The third kappa shape index (κ3) is 14.4. The Balaban J connectivity index is 2.51. The lowest BCUT2D eigenvalue weighted by Crippen LogP contribution is -2.52. The van der Waals surface area contributed by atoms with E-state index in [-0.39, 0.29) is 19.0 Å². The van der Waals surface area contributed by atoms with Gasteiger partial charge in [-0.1, -0.05) is 12.1 Å². The number of alkyl carbamates (subject to hydrolysis) is 1. The van der Waals surface area contributed by atoms with Gasteiger partial charge in [0, 0.05) is 12.1 Å². The van der Waals surface area contributed by atoms with Crippen LogP contribution in [0, 0.1) is 5.41 Å². The van der Waals surface area contributed by atoms with Crippen LogP contribution in [0.3, 0.4) is 0 Å². The van der Waals surface area contributed by atoms with Crippen LogP contribution >= 0.6 is 0 Å². The predicted molar refractivity (Wildman–Crippen MR) is 136 cm³/mol. The molecule has 0 fully saturated rings. The highest BCUT2D eigenvalue weighted by molar-refractivity contribution is 5.93. The van der Waals surface area contributed by atoms with E-state index in [0.29, 0.717) is 37.7 Å². The summed E-state index contributed by atoms with van der Waals surface area (Å²) in [7, 11) is 0. The van der Waals surface area contributed by atoms with Crippen molar-refractivity contribution in [3.05, 3.63) is 35.4 Å². The molecule has 0 aliphatic carbocycles. The molecule has 0 unspecified atom stereocenters. The number of ether oxygens (including phenoxy) is 2. The van der Waals surface area contributed by atoms with E-state index < -0.39 is 55.2 Å². The van der Waals surface area contributed by atoms with E-state index in [1.165, 1.54) is 0 Å². The minimum absolute atomic E-state index is 0.0574. The van der Waals surface area contributed by atoms with Crippen LogP contribution in [-0.2, 0) is 30.3 Å². The van der Waals surface area contributed by atoms with Gasteiger partial charge in [0.1, 0.15) is 18.9 Å². The highest BCUT2D eigenvalue weighted by atomic mass is 16.7. The summed E-state index contributed by atoms with van der Waals surface area (Å²) in [6.45, 7) is -1.06. The smallest absolute Gasteiger partial charge is 0.450 e. The van der Waals surface area contributed by atoms with Gasteiger partial charge in [-0.15, -0.1) is 0 Å². The Bertz CT molecular complexity index is 1030. The molecule has 10 N–H and O–H groups in total. The predicted octanol–water partition coefficient (Wildman–Crippen LogP) is -1.43. The van der Waals surface area contributed by atoms with Crippen molar-refractivity contribution < 1.29 is 43.3 Å². The van der Waals surface area contributed by atoms with Gasteiger partial charge in [-0.25, -0.2) is 9.59 Å². The number of benzene rings is 1. The molecule has 1 aromatic rings. The number of rotatable bonds is 17. The number of carbonyl (C=O) groups is 6. The van der Waals surface area contributed by atoms with Gasteiger partial charge in [0.2, 0.25) is 17.7 Å². The topological polar surface area (TPSA) is 265 Å². The summed E-state index contributed by atoms with van der Waals surface area (Å²) in [5.41, 5.74) is 11.5. The number of nitrogens with two attached hydrogens (primary N) is 2. The van der Waals surface area contributed by atoms with Crippen LogP contribution in [0.4, 0.5) is 9.59 Å². The Hall–Kier alpha value is -4.89. The van der Waals surface area contributed by atoms with Crippen LogP contribution in [0.2, 0.25) is 0 Å². The van der Waals surface area contributed by atoms with E-state index >= 15 is 0 Å². The van der Waals surface area contributed by atoms with E-state index in [2.05, 4.69) is 26.0 Å². The number of carboxylic acid groups (broad SMARTS) is 1. The lowest BCUT2D eigenvalue weighted by molar-refractivity contribution is -0.128. The summed E-state index contributed by atoms with van der Waals surface area (Å²) in [5, 5.41) is 25.1. The van der Waals surface area contributed by atoms with Gasteiger partial charge in [0.15, 0.2) is 5.96 Å². The largest absolute Gasteiger partial charge is 0.505 e. The molecule has 39 heavy (non-hydrogen) atoms. The van der Waals surface area contributed by atoms with Crippen LogP contribution in [-0.4, -0.2) is 85.7 Å². The average molecular weight is 552 g/mol. The number of amides is 4. The van der Waals surface area contributed by atoms with Crippen molar-refractivity contribution in [2.75, 3.05) is 26.3 Å². The van der Waals surface area contributed by atoms with Crippen LogP contribution in [0.15, 0.2) is 24.3 Å². The number of hydrogen-bond acceptors (Lipinski definition) is 9. The van der Waals surface area contributed by atoms with Crippen LogP contribution in [0.5, 0.6) is 0 Å². The molecule has 0 aromatic heterocycles. The van der Waals surface area contributed by atoms with Crippen molar-refractivity contribution in [2.45, 2.75) is 37.8 Å². The first-order valence-electron chi connectivity index (χ1n) is 11.8.